The number of para-hydroxylation sites is 2. The van der Waals surface area contributed by atoms with Crippen molar-refractivity contribution in [3.8, 4) is 5.75 Å². The minimum absolute atomic E-state index is 0.0307. The molecule has 35 heavy (non-hydrogen) atoms. The molecule has 0 aromatic heterocycles. The molecule has 0 spiro atoms. The molecule has 1 amide bonds. The summed E-state index contributed by atoms with van der Waals surface area (Å²) in [4.78, 5) is 29.1. The van der Waals surface area contributed by atoms with E-state index in [4.69, 9.17) is 16.3 Å². The van der Waals surface area contributed by atoms with Crippen molar-refractivity contribution in [3.05, 3.63) is 100 Å². The number of Topliss-reactive ketones (excluding diaryl/α,β-unsaturated/α-hetero) is 1. The van der Waals surface area contributed by atoms with Crippen LogP contribution in [0.4, 0.5) is 11.4 Å². The standard InChI is InChI=1S/C29H27ClN2O3/c1-3-27(34)32-25-7-5-4-6-23(25)31-24-16-20(18-8-12-21(30)13-9-18)17-26(33)28(24)29(32)19-10-14-22(35-2)15-11-19/h4-15,20,29,31H,3,16-17H2,1-2H3/t20-,29+/m0/s1. The highest BCUT2D eigenvalue weighted by molar-refractivity contribution is 6.30. The molecule has 178 valence electrons. The second-order valence-corrected chi connectivity index (χ2v) is 9.34. The fourth-order valence-electron chi connectivity index (χ4n) is 5.11. The minimum Gasteiger partial charge on any atom is -0.497 e. The maximum atomic E-state index is 13.9. The predicted molar refractivity (Wildman–Crippen MR) is 139 cm³/mol. The highest BCUT2D eigenvalue weighted by Crippen LogP contribution is 2.47. The molecule has 3 aromatic carbocycles. The molecule has 0 unspecified atom stereocenters. The molecule has 0 bridgehead atoms. The van der Waals surface area contributed by atoms with Crippen molar-refractivity contribution in [1.29, 1.82) is 0 Å². The number of fused-ring (bicyclic) bond motifs is 1. The maximum Gasteiger partial charge on any atom is 0.227 e. The molecule has 2 atom stereocenters. The van der Waals surface area contributed by atoms with Crippen molar-refractivity contribution < 1.29 is 14.3 Å². The van der Waals surface area contributed by atoms with Gasteiger partial charge in [0.05, 0.1) is 24.5 Å². The summed E-state index contributed by atoms with van der Waals surface area (Å²) in [7, 11) is 1.62. The van der Waals surface area contributed by atoms with Gasteiger partial charge >= 0.3 is 0 Å². The SMILES string of the molecule is CCC(=O)N1c2ccccc2NC2=C(C(=O)C[C@@H](c3ccc(Cl)cc3)C2)[C@H]1c1ccc(OC)cc1. The molecular formula is C29H27ClN2O3. The summed E-state index contributed by atoms with van der Waals surface area (Å²) >= 11 is 6.10. The van der Waals surface area contributed by atoms with Crippen molar-refractivity contribution in [1.82, 2.24) is 0 Å². The zero-order valence-corrected chi connectivity index (χ0v) is 20.5. The van der Waals surface area contributed by atoms with Crippen LogP contribution in [-0.4, -0.2) is 18.8 Å². The van der Waals surface area contributed by atoms with Crippen LogP contribution in [0, 0.1) is 0 Å². The lowest BCUT2D eigenvalue weighted by Crippen LogP contribution is -2.38. The molecule has 3 aromatic rings. The number of anilines is 2. The van der Waals surface area contributed by atoms with E-state index in [2.05, 4.69) is 5.32 Å². The van der Waals surface area contributed by atoms with Crippen molar-refractivity contribution in [3.63, 3.8) is 0 Å². The lowest BCUT2D eigenvalue weighted by atomic mass is 9.78. The van der Waals surface area contributed by atoms with E-state index in [1.54, 1.807) is 12.0 Å². The quantitative estimate of drug-likeness (QED) is 0.448. The number of allylic oxidation sites excluding steroid dienone is 1. The van der Waals surface area contributed by atoms with Gasteiger partial charge in [0.15, 0.2) is 5.78 Å². The average Bonchev–Trinajstić information content (AvgIpc) is 3.03. The average molecular weight is 487 g/mol. The number of amides is 1. The van der Waals surface area contributed by atoms with Gasteiger partial charge in [0.2, 0.25) is 5.91 Å². The van der Waals surface area contributed by atoms with Crippen LogP contribution >= 0.6 is 11.6 Å². The molecule has 2 aliphatic rings. The summed E-state index contributed by atoms with van der Waals surface area (Å²) in [5.41, 5.74) is 5.06. The summed E-state index contributed by atoms with van der Waals surface area (Å²) < 4.78 is 5.35. The smallest absolute Gasteiger partial charge is 0.227 e. The Morgan fingerprint density at radius 3 is 2.37 bits per heavy atom. The van der Waals surface area contributed by atoms with Crippen LogP contribution in [0.2, 0.25) is 5.02 Å². The zero-order chi connectivity index (χ0) is 24.5. The first kappa shape index (κ1) is 23.2. The fourth-order valence-corrected chi connectivity index (χ4v) is 5.23. The molecule has 1 aliphatic heterocycles. The number of ketones is 1. The number of methoxy groups -OCH3 is 1. The van der Waals surface area contributed by atoms with Crippen LogP contribution in [0.1, 0.15) is 49.3 Å². The Hall–Kier alpha value is -3.57. The normalized spacial score (nSPS) is 19.4. The molecule has 5 rings (SSSR count). The van der Waals surface area contributed by atoms with E-state index in [1.807, 2.05) is 79.7 Å². The lowest BCUT2D eigenvalue weighted by Gasteiger charge is -2.35. The highest BCUT2D eigenvalue weighted by Gasteiger charge is 2.41. The topological polar surface area (TPSA) is 58.6 Å². The molecule has 0 saturated carbocycles. The molecule has 1 N–H and O–H groups in total. The van der Waals surface area contributed by atoms with E-state index in [0.717, 1.165) is 33.9 Å². The molecule has 1 heterocycles. The summed E-state index contributed by atoms with van der Waals surface area (Å²) in [5.74, 6) is 0.757. The van der Waals surface area contributed by atoms with Crippen molar-refractivity contribution >= 4 is 34.7 Å². The molecule has 0 radical (unpaired) electrons. The largest absolute Gasteiger partial charge is 0.497 e. The number of nitrogens with zero attached hydrogens (tertiary/aromatic N) is 1. The third-order valence-corrected chi connectivity index (χ3v) is 7.08. The number of benzene rings is 3. The molecular weight excluding hydrogens is 460 g/mol. The monoisotopic (exact) mass is 486 g/mol. The Morgan fingerprint density at radius 2 is 1.69 bits per heavy atom. The number of hydrogen-bond acceptors (Lipinski definition) is 4. The number of rotatable bonds is 4. The van der Waals surface area contributed by atoms with Crippen molar-refractivity contribution in [2.75, 3.05) is 17.3 Å². The van der Waals surface area contributed by atoms with Gasteiger partial charge in [0, 0.05) is 29.1 Å². The van der Waals surface area contributed by atoms with E-state index in [9.17, 15) is 9.59 Å². The number of nitrogens with one attached hydrogen (secondary N) is 1. The first-order valence-corrected chi connectivity index (χ1v) is 12.2. The van der Waals surface area contributed by atoms with Gasteiger partial charge in [-0.1, -0.05) is 54.9 Å². The molecule has 5 nitrogen and oxygen atoms in total. The Kier molecular flexibility index (Phi) is 6.35. The first-order valence-electron chi connectivity index (χ1n) is 11.8. The van der Waals surface area contributed by atoms with Gasteiger partial charge in [0.25, 0.3) is 0 Å². The third-order valence-electron chi connectivity index (χ3n) is 6.83. The second-order valence-electron chi connectivity index (χ2n) is 8.91. The number of carbonyl (C=O) groups excluding carboxylic acids is 2. The lowest BCUT2D eigenvalue weighted by molar-refractivity contribution is -0.119. The number of halogens is 1. The molecule has 0 fully saturated rings. The number of carbonyl (C=O) groups is 2. The zero-order valence-electron chi connectivity index (χ0n) is 19.8. The first-order chi connectivity index (χ1) is 17.0. The van der Waals surface area contributed by atoms with E-state index < -0.39 is 6.04 Å². The maximum absolute atomic E-state index is 13.9. The van der Waals surface area contributed by atoms with Gasteiger partial charge in [-0.05, 0) is 59.9 Å². The van der Waals surface area contributed by atoms with Crippen LogP contribution in [0.15, 0.2) is 84.1 Å². The number of ether oxygens (including phenoxy) is 1. The van der Waals surface area contributed by atoms with E-state index in [0.29, 0.717) is 29.9 Å². The van der Waals surface area contributed by atoms with Gasteiger partial charge in [-0.3, -0.25) is 14.5 Å². The van der Waals surface area contributed by atoms with E-state index >= 15 is 0 Å². The van der Waals surface area contributed by atoms with E-state index in [-0.39, 0.29) is 17.6 Å². The summed E-state index contributed by atoms with van der Waals surface area (Å²) in [6.45, 7) is 1.85. The molecule has 0 saturated heterocycles. The van der Waals surface area contributed by atoms with Crippen LogP contribution in [-0.2, 0) is 9.59 Å². The third kappa shape index (κ3) is 4.32. The van der Waals surface area contributed by atoms with Gasteiger partial charge < -0.3 is 10.1 Å². The van der Waals surface area contributed by atoms with Gasteiger partial charge in [-0.25, -0.2) is 0 Å². The Bertz CT molecular complexity index is 1300. The van der Waals surface area contributed by atoms with Crippen molar-refractivity contribution in [2.45, 2.75) is 38.1 Å². The second kappa shape index (κ2) is 9.59. The van der Waals surface area contributed by atoms with Crippen LogP contribution in [0.5, 0.6) is 5.75 Å². The molecule has 6 heteroatoms. The Balaban J connectivity index is 1.69. The number of hydrogen-bond donors (Lipinski definition) is 1. The summed E-state index contributed by atoms with van der Waals surface area (Å²) in [5, 5.41) is 4.22. The predicted octanol–water partition coefficient (Wildman–Crippen LogP) is 6.66. The van der Waals surface area contributed by atoms with Gasteiger partial charge in [0.1, 0.15) is 5.75 Å². The Morgan fingerprint density at radius 1 is 1.00 bits per heavy atom. The van der Waals surface area contributed by atoms with Gasteiger partial charge in [-0.15, -0.1) is 0 Å². The van der Waals surface area contributed by atoms with Gasteiger partial charge in [-0.2, -0.15) is 0 Å². The summed E-state index contributed by atoms with van der Waals surface area (Å²) in [6.07, 6.45) is 1.36. The van der Waals surface area contributed by atoms with E-state index in [1.165, 1.54) is 0 Å². The Labute approximate surface area is 210 Å². The van der Waals surface area contributed by atoms with Crippen LogP contribution in [0.3, 0.4) is 0 Å². The fraction of sp³-hybridized carbons (Fsp3) is 0.241. The summed E-state index contributed by atoms with van der Waals surface area (Å²) in [6, 6.07) is 22.6. The minimum atomic E-state index is -0.529. The van der Waals surface area contributed by atoms with Crippen LogP contribution < -0.4 is 15.0 Å². The van der Waals surface area contributed by atoms with Crippen molar-refractivity contribution in [2.24, 2.45) is 0 Å². The van der Waals surface area contributed by atoms with Crippen LogP contribution in [0.25, 0.3) is 0 Å². The molecule has 1 aliphatic carbocycles. The highest BCUT2D eigenvalue weighted by atomic mass is 35.5.